The number of nitrogens with zero attached hydrogens (tertiary/aromatic N) is 5. The number of ketones is 1. The zero-order valence-electron chi connectivity index (χ0n) is 51.4. The van der Waals surface area contributed by atoms with E-state index in [4.69, 9.17) is 23.7 Å². The zero-order chi connectivity index (χ0) is 64.2. The van der Waals surface area contributed by atoms with E-state index >= 15 is 0 Å². The van der Waals surface area contributed by atoms with Crippen molar-refractivity contribution in [1.82, 2.24) is 35.2 Å². The number of carbonyl (C=O) groups is 9. The van der Waals surface area contributed by atoms with E-state index in [0.29, 0.717) is 47.5 Å². The molecular formula is C67H79N7O15. The minimum absolute atomic E-state index is 0.0151. The number of cyclic esters (lactones) is 2. The fraction of sp³-hybridized carbons (Fsp3) is 0.403. The molecule has 1 fully saturated rings. The monoisotopic (exact) mass is 1220 g/mol. The fourth-order valence-electron chi connectivity index (χ4n) is 10.4. The van der Waals surface area contributed by atoms with Crippen LogP contribution in [0.4, 0.5) is 0 Å². The fourth-order valence-corrected chi connectivity index (χ4v) is 10.4. The SMILES string of the molecule is COc1ccc(CC[C@H]2OC(=O)[C@@H]3CCCCN3C(=O)C(=O)C(C)(C)COC(=O)C=CCCN(C)C(=O)[C@@H](Cc3ccccc3)NC(=O)CN(C)C(=O)[C@@H](Cc3ccccc3)NC(=O)[C@H](Cc3ccc(O)cc3)N(C)C(=O)COc3cncc2c3)cc1OC. The number of phenolic OH excluding ortho intramolecular Hbond substituents is 1. The van der Waals surface area contributed by atoms with Crippen LogP contribution in [0.5, 0.6) is 23.0 Å². The molecule has 3 heterocycles. The molecule has 3 N–H and O–H groups in total. The summed E-state index contributed by atoms with van der Waals surface area (Å²) < 4.78 is 28.9. The summed E-state index contributed by atoms with van der Waals surface area (Å²) in [5.41, 5.74) is 1.62. The van der Waals surface area contributed by atoms with E-state index in [2.05, 4.69) is 15.6 Å². The third-order valence-corrected chi connectivity index (χ3v) is 15.7. The summed E-state index contributed by atoms with van der Waals surface area (Å²) in [5.74, 6) is -5.55. The van der Waals surface area contributed by atoms with E-state index < -0.39 is 109 Å². The Kier molecular flexibility index (Phi) is 24.0. The van der Waals surface area contributed by atoms with Gasteiger partial charge in [-0.3, -0.25) is 38.5 Å². The van der Waals surface area contributed by atoms with Crippen LogP contribution in [0.2, 0.25) is 0 Å². The largest absolute Gasteiger partial charge is 0.508 e. The summed E-state index contributed by atoms with van der Waals surface area (Å²) in [6.07, 6.45) is 6.37. The number of phenols is 1. The molecular weight excluding hydrogens is 1140 g/mol. The molecule has 1 saturated heterocycles. The molecule has 2 aliphatic heterocycles. The first kappa shape index (κ1) is 66.9. The summed E-state index contributed by atoms with van der Waals surface area (Å²) in [5, 5.41) is 15.8. The van der Waals surface area contributed by atoms with Gasteiger partial charge in [0.2, 0.25) is 29.4 Å². The molecule has 0 unspecified atom stereocenters. The standard InChI is InChI=1S/C67H79N7O15/c1-67(2)43-88-60(78)23-15-16-32-71(3)63(81)51(34-44-18-10-8-11-19-44)69-58(76)41-72(4)64(82)52(35-45-20-12-9-13-21-45)70-62(80)54(36-46-24-28-49(75)29-25-46)73(5)59(77)42-87-50-38-48(39-68-40-50)55(30-26-47-27-31-56(85-6)57(37-47)86-7)89-66(84)53-22-14-17-33-74(53)65(83)61(67)79/h8-13,15,18-21,23-25,27-29,31,37-40,51-55,75H,14,16-17,22,26,30,32-36,41-43H2,1-7H3,(H,69,76)(H,70,80)/t51-,52-,53+,54+,55-/m1/s1. The first-order valence-corrected chi connectivity index (χ1v) is 29.5. The van der Waals surface area contributed by atoms with Gasteiger partial charge < -0.3 is 59.0 Å². The van der Waals surface area contributed by atoms with Gasteiger partial charge >= 0.3 is 11.9 Å². The van der Waals surface area contributed by atoms with Crippen LogP contribution in [0.3, 0.4) is 0 Å². The molecule has 2 bridgehead atoms. The van der Waals surface area contributed by atoms with E-state index in [1.54, 1.807) is 92.0 Å². The number of nitrogens with one attached hydrogen (secondary N) is 2. The molecule has 0 radical (unpaired) electrons. The van der Waals surface area contributed by atoms with Gasteiger partial charge in [-0.2, -0.15) is 0 Å². The molecule has 4 aromatic carbocycles. The highest BCUT2D eigenvalue weighted by molar-refractivity contribution is 6.38. The molecule has 5 aromatic rings. The number of methoxy groups -OCH3 is 2. The Labute approximate surface area is 518 Å². The van der Waals surface area contributed by atoms with Crippen molar-refractivity contribution in [2.75, 3.05) is 68.2 Å². The number of Topliss-reactive ketones (excluding diaryl/α,β-unsaturated/α-hetero) is 1. The van der Waals surface area contributed by atoms with Gasteiger partial charge in [0.05, 0.1) is 32.4 Å². The number of likely N-dealkylation sites (N-methyl/N-ethyl adjacent to an activating group) is 3. The topological polar surface area (TPSA) is 270 Å². The number of esters is 2. The number of amides is 6. The Balaban J connectivity index is 1.21. The summed E-state index contributed by atoms with van der Waals surface area (Å²) in [7, 11) is 7.38. The zero-order valence-corrected chi connectivity index (χ0v) is 51.4. The molecule has 0 spiro atoms. The lowest BCUT2D eigenvalue weighted by Gasteiger charge is -2.36. The molecule has 0 saturated carbocycles. The van der Waals surface area contributed by atoms with Gasteiger partial charge in [0.25, 0.3) is 11.8 Å². The average Bonchev–Trinajstić information content (AvgIpc) is 3.59. The molecule has 0 aliphatic carbocycles. The van der Waals surface area contributed by atoms with Crippen molar-refractivity contribution in [3.05, 3.63) is 162 Å². The van der Waals surface area contributed by atoms with Crippen LogP contribution in [-0.2, 0) is 78.3 Å². The van der Waals surface area contributed by atoms with E-state index in [-0.39, 0.29) is 63.1 Å². The molecule has 7 rings (SSSR count). The third-order valence-electron chi connectivity index (χ3n) is 15.7. The van der Waals surface area contributed by atoms with Gasteiger partial charge in [-0.1, -0.05) is 84.9 Å². The van der Waals surface area contributed by atoms with Crippen LogP contribution in [-0.4, -0.2) is 175 Å². The number of aryl methyl sites for hydroxylation is 1. The van der Waals surface area contributed by atoms with Crippen molar-refractivity contribution >= 4 is 53.2 Å². The third kappa shape index (κ3) is 18.9. The van der Waals surface area contributed by atoms with Crippen LogP contribution in [0.25, 0.3) is 0 Å². The summed E-state index contributed by atoms with van der Waals surface area (Å²) in [6, 6.07) is 26.1. The summed E-state index contributed by atoms with van der Waals surface area (Å²) >= 11 is 0. The van der Waals surface area contributed by atoms with E-state index in [1.807, 2.05) is 12.1 Å². The van der Waals surface area contributed by atoms with Gasteiger partial charge in [0.15, 0.2) is 18.1 Å². The highest BCUT2D eigenvalue weighted by Gasteiger charge is 2.43. The Morgan fingerprint density at radius 2 is 1.31 bits per heavy atom. The number of pyridine rings is 1. The second kappa shape index (κ2) is 31.9. The first-order valence-electron chi connectivity index (χ1n) is 29.5. The molecule has 22 nitrogen and oxygen atoms in total. The molecule has 6 amide bonds. The predicted octanol–water partition coefficient (Wildman–Crippen LogP) is 5.32. The van der Waals surface area contributed by atoms with Crippen molar-refractivity contribution in [3.63, 3.8) is 0 Å². The maximum absolute atomic E-state index is 14.8. The number of ether oxygens (including phenoxy) is 5. The number of aromatic hydroxyl groups is 1. The van der Waals surface area contributed by atoms with E-state index in [9.17, 15) is 48.3 Å². The number of benzene rings is 4. The highest BCUT2D eigenvalue weighted by atomic mass is 16.5. The number of hydrogen-bond acceptors (Lipinski definition) is 16. The Hall–Kier alpha value is -9.60. The predicted molar refractivity (Wildman–Crippen MR) is 327 cm³/mol. The number of rotatable bonds is 11. The highest BCUT2D eigenvalue weighted by Crippen LogP contribution is 2.33. The molecule has 1 aromatic heterocycles. The van der Waals surface area contributed by atoms with Gasteiger partial charge in [0.1, 0.15) is 48.4 Å². The number of fused-ring (bicyclic) bond motifs is 3. The van der Waals surface area contributed by atoms with Crippen LogP contribution < -0.4 is 24.8 Å². The minimum atomic E-state index is -1.52. The lowest BCUT2D eigenvalue weighted by atomic mass is 9.87. The van der Waals surface area contributed by atoms with Crippen molar-refractivity contribution in [3.8, 4) is 23.0 Å². The number of carbonyl (C=O) groups excluding carboxylic acids is 9. The van der Waals surface area contributed by atoms with Gasteiger partial charge in [-0.05, 0) is 105 Å². The van der Waals surface area contributed by atoms with Crippen molar-refractivity contribution in [2.24, 2.45) is 5.41 Å². The molecule has 22 heteroatoms. The Morgan fingerprint density at radius 1 is 0.685 bits per heavy atom. The number of hydrogen-bond donors (Lipinski definition) is 3. The van der Waals surface area contributed by atoms with E-state index in [1.165, 1.54) is 87.5 Å². The second-order valence-electron chi connectivity index (χ2n) is 22.8. The van der Waals surface area contributed by atoms with E-state index in [0.717, 1.165) is 22.1 Å². The van der Waals surface area contributed by atoms with Crippen LogP contribution >= 0.6 is 0 Å². The quantitative estimate of drug-likeness (QED) is 0.112. The molecule has 5 atom stereocenters. The smallest absolute Gasteiger partial charge is 0.330 e. The summed E-state index contributed by atoms with van der Waals surface area (Å²) in [6.45, 7) is 1.49. The Morgan fingerprint density at radius 3 is 1.98 bits per heavy atom. The van der Waals surface area contributed by atoms with Crippen molar-refractivity contribution in [2.45, 2.75) is 102 Å². The lowest BCUT2D eigenvalue weighted by molar-refractivity contribution is -0.165. The van der Waals surface area contributed by atoms with Gasteiger partial charge in [-0.15, -0.1) is 0 Å². The van der Waals surface area contributed by atoms with Gasteiger partial charge in [0, 0.05) is 71.3 Å². The second-order valence-corrected chi connectivity index (χ2v) is 22.8. The van der Waals surface area contributed by atoms with Crippen molar-refractivity contribution in [1.29, 1.82) is 0 Å². The molecule has 2 aliphatic rings. The average molecular weight is 1220 g/mol. The van der Waals surface area contributed by atoms with Crippen LogP contribution in [0.1, 0.15) is 79.9 Å². The number of aromatic nitrogens is 1. The van der Waals surface area contributed by atoms with Gasteiger partial charge in [-0.25, -0.2) is 9.59 Å². The first-order chi connectivity index (χ1) is 42.6. The number of piperidine rings is 1. The summed E-state index contributed by atoms with van der Waals surface area (Å²) in [4.78, 5) is 137. The minimum Gasteiger partial charge on any atom is -0.508 e. The van der Waals surface area contributed by atoms with Crippen molar-refractivity contribution < 1.29 is 71.9 Å². The molecule has 89 heavy (non-hydrogen) atoms. The maximum atomic E-state index is 14.8. The van der Waals surface area contributed by atoms with Crippen LogP contribution in [0, 0.1) is 5.41 Å². The van der Waals surface area contributed by atoms with Crippen LogP contribution in [0.15, 0.2) is 134 Å². The lowest BCUT2D eigenvalue weighted by Crippen LogP contribution is -2.57. The Bertz CT molecular complexity index is 3320. The molecule has 472 valence electrons. The normalized spacial score (nSPS) is 21.1. The maximum Gasteiger partial charge on any atom is 0.330 e.